The van der Waals surface area contributed by atoms with Gasteiger partial charge >= 0.3 is 0 Å². The Balaban J connectivity index is 2.81. The van der Waals surface area contributed by atoms with Crippen molar-refractivity contribution in [3.05, 3.63) is 11.8 Å². The molecule has 74 valence electrons. The Hall–Kier alpha value is -1.03. The number of hydrogen-bond donors (Lipinski definition) is 2. The summed E-state index contributed by atoms with van der Waals surface area (Å²) in [6, 6.07) is 1.88. The zero-order chi connectivity index (χ0) is 9.84. The molecule has 1 aromatic heterocycles. The van der Waals surface area contributed by atoms with E-state index in [1.807, 2.05) is 6.07 Å². The molecule has 0 bridgehead atoms. The van der Waals surface area contributed by atoms with E-state index in [-0.39, 0.29) is 6.61 Å². The third-order valence-electron chi connectivity index (χ3n) is 2.26. The van der Waals surface area contributed by atoms with Crippen molar-refractivity contribution in [3.63, 3.8) is 0 Å². The molecule has 0 spiro atoms. The first-order valence-corrected chi connectivity index (χ1v) is 4.63. The molecule has 13 heavy (non-hydrogen) atoms. The van der Waals surface area contributed by atoms with Crippen LogP contribution >= 0.6 is 0 Å². The lowest BCUT2D eigenvalue weighted by Crippen LogP contribution is -2.07. The Labute approximate surface area is 78.4 Å². The monoisotopic (exact) mass is 183 g/mol. The second-order valence-corrected chi connectivity index (χ2v) is 3.25. The molecule has 0 saturated heterocycles. The molecule has 4 heteroatoms. The van der Waals surface area contributed by atoms with Gasteiger partial charge in [0.15, 0.2) is 0 Å². The van der Waals surface area contributed by atoms with Gasteiger partial charge in [-0.2, -0.15) is 5.10 Å². The van der Waals surface area contributed by atoms with Crippen LogP contribution in [-0.2, 0) is 6.54 Å². The fraction of sp³-hybridized carbons (Fsp3) is 0.667. The van der Waals surface area contributed by atoms with E-state index < -0.39 is 0 Å². The highest BCUT2D eigenvalue weighted by molar-refractivity contribution is 5.32. The van der Waals surface area contributed by atoms with Crippen molar-refractivity contribution >= 4 is 5.82 Å². The first-order chi connectivity index (χ1) is 6.19. The van der Waals surface area contributed by atoms with Crippen LogP contribution in [0.4, 0.5) is 5.82 Å². The first-order valence-electron chi connectivity index (χ1n) is 4.63. The minimum absolute atomic E-state index is 0.0752. The van der Waals surface area contributed by atoms with Crippen molar-refractivity contribution in [2.24, 2.45) is 0 Å². The van der Waals surface area contributed by atoms with Crippen molar-refractivity contribution in [2.75, 3.05) is 12.3 Å². The standard InChI is InChI=1S/C9H17N3O/c1-3-7(2)8-6-9(10)12(11-8)4-5-13/h6-7,13H,3-5,10H2,1-2H3. The van der Waals surface area contributed by atoms with Gasteiger partial charge in [0.25, 0.3) is 0 Å². The van der Waals surface area contributed by atoms with Gasteiger partial charge in [0.05, 0.1) is 18.8 Å². The van der Waals surface area contributed by atoms with E-state index in [4.69, 9.17) is 10.8 Å². The average molecular weight is 183 g/mol. The van der Waals surface area contributed by atoms with Crippen molar-refractivity contribution in [1.29, 1.82) is 0 Å². The third kappa shape index (κ3) is 2.21. The van der Waals surface area contributed by atoms with Gasteiger partial charge in [0.1, 0.15) is 5.82 Å². The van der Waals surface area contributed by atoms with Crippen molar-refractivity contribution in [2.45, 2.75) is 32.7 Å². The summed E-state index contributed by atoms with van der Waals surface area (Å²) in [7, 11) is 0. The fourth-order valence-electron chi connectivity index (χ4n) is 1.18. The quantitative estimate of drug-likeness (QED) is 0.731. The van der Waals surface area contributed by atoms with Crippen LogP contribution in [0.3, 0.4) is 0 Å². The van der Waals surface area contributed by atoms with Gasteiger partial charge in [0.2, 0.25) is 0 Å². The maximum Gasteiger partial charge on any atom is 0.122 e. The molecule has 1 heterocycles. The SMILES string of the molecule is CCC(C)c1cc(N)n(CCO)n1. The molecule has 0 saturated carbocycles. The van der Waals surface area contributed by atoms with Crippen LogP contribution in [0.5, 0.6) is 0 Å². The molecule has 0 aliphatic carbocycles. The second kappa shape index (κ2) is 4.28. The van der Waals surface area contributed by atoms with Crippen LogP contribution in [0.15, 0.2) is 6.07 Å². The van der Waals surface area contributed by atoms with Crippen LogP contribution < -0.4 is 5.73 Å². The molecule has 1 atom stereocenters. The normalized spacial score (nSPS) is 13.2. The molecule has 0 aromatic carbocycles. The third-order valence-corrected chi connectivity index (χ3v) is 2.26. The van der Waals surface area contributed by atoms with Crippen LogP contribution in [0, 0.1) is 0 Å². The summed E-state index contributed by atoms with van der Waals surface area (Å²) in [5.74, 6) is 1.06. The van der Waals surface area contributed by atoms with Gasteiger partial charge in [-0.1, -0.05) is 13.8 Å². The summed E-state index contributed by atoms with van der Waals surface area (Å²) in [6.07, 6.45) is 1.05. The summed E-state index contributed by atoms with van der Waals surface area (Å²) in [5, 5.41) is 13.0. The van der Waals surface area contributed by atoms with Crippen molar-refractivity contribution < 1.29 is 5.11 Å². The first kappa shape index (κ1) is 10.1. The molecule has 0 radical (unpaired) electrons. The second-order valence-electron chi connectivity index (χ2n) is 3.25. The number of anilines is 1. The van der Waals surface area contributed by atoms with E-state index in [0.717, 1.165) is 12.1 Å². The number of nitrogens with two attached hydrogens (primary N) is 1. The van der Waals surface area contributed by atoms with Gasteiger partial charge in [0, 0.05) is 12.0 Å². The van der Waals surface area contributed by atoms with Gasteiger partial charge in [-0.25, -0.2) is 4.68 Å². The number of nitrogen functional groups attached to an aromatic ring is 1. The highest BCUT2D eigenvalue weighted by atomic mass is 16.3. The van der Waals surface area contributed by atoms with E-state index in [1.54, 1.807) is 4.68 Å². The summed E-state index contributed by atoms with van der Waals surface area (Å²) in [6.45, 7) is 4.78. The molecule has 1 rings (SSSR count). The van der Waals surface area contributed by atoms with E-state index in [2.05, 4.69) is 18.9 Å². The highest BCUT2D eigenvalue weighted by Crippen LogP contribution is 2.19. The lowest BCUT2D eigenvalue weighted by molar-refractivity contribution is 0.270. The minimum atomic E-state index is 0.0752. The average Bonchev–Trinajstić information content (AvgIpc) is 2.47. The number of aliphatic hydroxyl groups is 1. The predicted octanol–water partition coefficient (Wildman–Crippen LogP) is 0.971. The summed E-state index contributed by atoms with van der Waals surface area (Å²) in [5.41, 5.74) is 6.72. The molecule has 0 aliphatic rings. The molecule has 0 fully saturated rings. The number of aliphatic hydroxyl groups excluding tert-OH is 1. The summed E-state index contributed by atoms with van der Waals surface area (Å²) in [4.78, 5) is 0. The molecule has 4 nitrogen and oxygen atoms in total. The van der Waals surface area contributed by atoms with Crippen LogP contribution in [0.2, 0.25) is 0 Å². The lowest BCUT2D eigenvalue weighted by atomic mass is 10.1. The predicted molar refractivity (Wildman–Crippen MR) is 52.4 cm³/mol. The van der Waals surface area contributed by atoms with Gasteiger partial charge in [-0.3, -0.25) is 0 Å². The Bertz CT molecular complexity index is 270. The molecule has 0 amide bonds. The molecule has 1 aromatic rings. The number of hydrogen-bond acceptors (Lipinski definition) is 3. The fourth-order valence-corrected chi connectivity index (χ4v) is 1.18. The van der Waals surface area contributed by atoms with E-state index in [1.165, 1.54) is 0 Å². The Morgan fingerprint density at radius 3 is 2.92 bits per heavy atom. The number of nitrogens with zero attached hydrogens (tertiary/aromatic N) is 2. The zero-order valence-electron chi connectivity index (χ0n) is 8.20. The van der Waals surface area contributed by atoms with Crippen LogP contribution in [0.25, 0.3) is 0 Å². The number of rotatable bonds is 4. The summed E-state index contributed by atoms with van der Waals surface area (Å²) < 4.78 is 1.64. The zero-order valence-corrected chi connectivity index (χ0v) is 8.20. The van der Waals surface area contributed by atoms with Gasteiger partial charge in [-0.15, -0.1) is 0 Å². The molecular weight excluding hydrogens is 166 g/mol. The van der Waals surface area contributed by atoms with Crippen LogP contribution in [0.1, 0.15) is 31.9 Å². The van der Waals surface area contributed by atoms with E-state index in [0.29, 0.717) is 18.3 Å². The maximum atomic E-state index is 8.73. The Kier molecular flexibility index (Phi) is 3.31. The number of aromatic nitrogens is 2. The largest absolute Gasteiger partial charge is 0.394 e. The maximum absolute atomic E-state index is 8.73. The Morgan fingerprint density at radius 1 is 1.69 bits per heavy atom. The van der Waals surface area contributed by atoms with E-state index >= 15 is 0 Å². The van der Waals surface area contributed by atoms with Gasteiger partial charge < -0.3 is 10.8 Å². The molecule has 1 unspecified atom stereocenters. The molecule has 3 N–H and O–H groups in total. The van der Waals surface area contributed by atoms with Crippen molar-refractivity contribution in [3.8, 4) is 0 Å². The lowest BCUT2D eigenvalue weighted by Gasteiger charge is -2.02. The summed E-state index contributed by atoms with van der Waals surface area (Å²) >= 11 is 0. The smallest absolute Gasteiger partial charge is 0.122 e. The molecular formula is C9H17N3O. The van der Waals surface area contributed by atoms with Crippen molar-refractivity contribution in [1.82, 2.24) is 9.78 Å². The van der Waals surface area contributed by atoms with Gasteiger partial charge in [-0.05, 0) is 6.42 Å². The Morgan fingerprint density at radius 2 is 2.38 bits per heavy atom. The van der Waals surface area contributed by atoms with Crippen LogP contribution in [-0.4, -0.2) is 21.5 Å². The molecule has 0 aliphatic heterocycles. The minimum Gasteiger partial charge on any atom is -0.394 e. The highest BCUT2D eigenvalue weighted by Gasteiger charge is 2.09. The topological polar surface area (TPSA) is 64.1 Å². The van der Waals surface area contributed by atoms with E-state index in [9.17, 15) is 0 Å².